The van der Waals surface area contributed by atoms with Gasteiger partial charge >= 0.3 is 0 Å². The molecular formula is C10H11FN4OS. The maximum absolute atomic E-state index is 13.1. The molecular weight excluding hydrogens is 243 g/mol. The number of aryl methyl sites for hydroxylation is 1. The summed E-state index contributed by atoms with van der Waals surface area (Å²) in [5.74, 6) is -0.374. The van der Waals surface area contributed by atoms with Gasteiger partial charge in [0.1, 0.15) is 5.82 Å². The lowest BCUT2D eigenvalue weighted by molar-refractivity contribution is 0.196. The van der Waals surface area contributed by atoms with E-state index in [0.29, 0.717) is 10.7 Å². The molecule has 1 aromatic heterocycles. The van der Waals surface area contributed by atoms with Gasteiger partial charge in [-0.3, -0.25) is 0 Å². The van der Waals surface area contributed by atoms with Crippen LogP contribution in [0.4, 0.5) is 4.39 Å². The highest BCUT2D eigenvalue weighted by molar-refractivity contribution is 7.99. The van der Waals surface area contributed by atoms with Crippen molar-refractivity contribution in [2.75, 3.05) is 0 Å². The molecule has 7 heteroatoms. The Hall–Kier alpha value is -1.47. The topological polar surface area (TPSA) is 63.8 Å². The maximum atomic E-state index is 13.1. The third-order valence-electron chi connectivity index (χ3n) is 2.20. The Labute approximate surface area is 102 Å². The van der Waals surface area contributed by atoms with E-state index in [4.69, 9.17) is 0 Å². The second kappa shape index (κ2) is 4.80. The fourth-order valence-corrected chi connectivity index (χ4v) is 2.27. The zero-order valence-electron chi connectivity index (χ0n) is 9.33. The molecule has 2 rings (SSSR count). The van der Waals surface area contributed by atoms with Crippen molar-refractivity contribution in [1.82, 2.24) is 20.2 Å². The average molecular weight is 254 g/mol. The number of hydrogen-bond donors (Lipinski definition) is 1. The van der Waals surface area contributed by atoms with E-state index in [-0.39, 0.29) is 5.82 Å². The first-order valence-corrected chi connectivity index (χ1v) is 5.77. The molecule has 1 aromatic carbocycles. The van der Waals surface area contributed by atoms with E-state index in [1.165, 1.54) is 28.6 Å². The van der Waals surface area contributed by atoms with Gasteiger partial charge in [0.2, 0.25) is 5.16 Å². The van der Waals surface area contributed by atoms with Crippen molar-refractivity contribution in [2.24, 2.45) is 7.05 Å². The first-order valence-electron chi connectivity index (χ1n) is 4.95. The molecule has 0 aliphatic carbocycles. The molecule has 1 atom stereocenters. The molecule has 0 radical (unpaired) electrons. The smallest absolute Gasteiger partial charge is 0.213 e. The summed E-state index contributed by atoms with van der Waals surface area (Å²) in [6.45, 7) is 1.59. The Kier molecular flexibility index (Phi) is 3.39. The van der Waals surface area contributed by atoms with Gasteiger partial charge in [0.15, 0.2) is 0 Å². The highest BCUT2D eigenvalue weighted by Crippen LogP contribution is 2.32. The van der Waals surface area contributed by atoms with Gasteiger partial charge in [-0.25, -0.2) is 9.07 Å². The van der Waals surface area contributed by atoms with Crippen LogP contribution in [0, 0.1) is 5.82 Å². The van der Waals surface area contributed by atoms with E-state index >= 15 is 0 Å². The monoisotopic (exact) mass is 254 g/mol. The Balaban J connectivity index is 2.36. The molecule has 17 heavy (non-hydrogen) atoms. The summed E-state index contributed by atoms with van der Waals surface area (Å²) in [7, 11) is 1.72. The maximum Gasteiger partial charge on any atom is 0.213 e. The first-order chi connectivity index (χ1) is 8.08. The zero-order valence-corrected chi connectivity index (χ0v) is 10.1. The van der Waals surface area contributed by atoms with Crippen LogP contribution in [-0.2, 0) is 7.05 Å². The number of aliphatic hydroxyl groups is 1. The average Bonchev–Trinajstić information content (AvgIpc) is 2.67. The molecule has 0 spiro atoms. The van der Waals surface area contributed by atoms with E-state index < -0.39 is 6.10 Å². The molecule has 0 bridgehead atoms. The van der Waals surface area contributed by atoms with Gasteiger partial charge in [-0.1, -0.05) is 0 Å². The molecule has 2 aromatic rings. The van der Waals surface area contributed by atoms with Crippen LogP contribution in [0.1, 0.15) is 18.6 Å². The second-order valence-corrected chi connectivity index (χ2v) is 4.55. The van der Waals surface area contributed by atoms with Crippen molar-refractivity contribution < 1.29 is 9.50 Å². The van der Waals surface area contributed by atoms with E-state index in [2.05, 4.69) is 15.5 Å². The fourth-order valence-electron chi connectivity index (χ4n) is 1.34. The summed E-state index contributed by atoms with van der Waals surface area (Å²) in [4.78, 5) is 0.735. The molecule has 0 unspecified atom stereocenters. The lowest BCUT2D eigenvalue weighted by atomic mass is 10.1. The molecule has 0 amide bonds. The summed E-state index contributed by atoms with van der Waals surface area (Å²) in [6, 6.07) is 4.27. The van der Waals surface area contributed by atoms with Crippen molar-refractivity contribution in [3.05, 3.63) is 29.6 Å². The van der Waals surface area contributed by atoms with Crippen LogP contribution in [0.2, 0.25) is 0 Å². The summed E-state index contributed by atoms with van der Waals surface area (Å²) >= 11 is 1.28. The summed E-state index contributed by atoms with van der Waals surface area (Å²) in [6.07, 6.45) is -0.741. The van der Waals surface area contributed by atoms with Crippen molar-refractivity contribution in [2.45, 2.75) is 23.1 Å². The molecule has 90 valence electrons. The summed E-state index contributed by atoms with van der Waals surface area (Å²) in [5, 5.41) is 21.2. The molecule has 1 heterocycles. The molecule has 0 saturated carbocycles. The van der Waals surface area contributed by atoms with E-state index in [0.717, 1.165) is 4.90 Å². The normalized spacial score (nSPS) is 12.7. The third-order valence-corrected chi connectivity index (χ3v) is 3.32. The number of hydrogen-bond acceptors (Lipinski definition) is 5. The lowest BCUT2D eigenvalue weighted by Gasteiger charge is -2.10. The van der Waals surface area contributed by atoms with Crippen LogP contribution in [0.3, 0.4) is 0 Å². The fraction of sp³-hybridized carbons (Fsp3) is 0.300. The van der Waals surface area contributed by atoms with Gasteiger partial charge < -0.3 is 5.11 Å². The van der Waals surface area contributed by atoms with Gasteiger partial charge in [0, 0.05) is 11.9 Å². The molecule has 0 aliphatic heterocycles. The van der Waals surface area contributed by atoms with Crippen molar-refractivity contribution in [3.8, 4) is 0 Å². The molecule has 0 fully saturated rings. The minimum atomic E-state index is -0.741. The van der Waals surface area contributed by atoms with E-state index in [1.54, 1.807) is 20.0 Å². The predicted octanol–water partition coefficient (Wildman–Crippen LogP) is 1.55. The number of tetrazole rings is 1. The van der Waals surface area contributed by atoms with Crippen molar-refractivity contribution in [3.63, 3.8) is 0 Å². The number of rotatable bonds is 3. The number of halogens is 1. The standard InChI is InChI=1S/C10H11FN4OS/c1-6(16)8-5-7(11)3-4-9(8)17-10-12-13-14-15(10)2/h3-6,16H,1-2H3/t6-/m1/s1. The minimum Gasteiger partial charge on any atom is -0.389 e. The SMILES string of the molecule is C[C@@H](O)c1cc(F)ccc1Sc1nnnn1C. The second-order valence-electron chi connectivity index (χ2n) is 3.55. The van der Waals surface area contributed by atoms with Gasteiger partial charge in [-0.2, -0.15) is 0 Å². The largest absolute Gasteiger partial charge is 0.389 e. The van der Waals surface area contributed by atoms with Crippen LogP contribution < -0.4 is 0 Å². The number of nitrogens with zero attached hydrogens (tertiary/aromatic N) is 4. The highest BCUT2D eigenvalue weighted by Gasteiger charge is 2.13. The van der Waals surface area contributed by atoms with Gasteiger partial charge in [-0.15, -0.1) is 5.10 Å². The highest BCUT2D eigenvalue weighted by atomic mass is 32.2. The van der Waals surface area contributed by atoms with Gasteiger partial charge in [-0.05, 0) is 52.9 Å². The number of aromatic nitrogens is 4. The van der Waals surface area contributed by atoms with Crippen molar-refractivity contribution >= 4 is 11.8 Å². The molecule has 5 nitrogen and oxygen atoms in total. The zero-order chi connectivity index (χ0) is 12.4. The lowest BCUT2D eigenvalue weighted by Crippen LogP contribution is -1.97. The Morgan fingerprint density at radius 2 is 2.24 bits per heavy atom. The van der Waals surface area contributed by atoms with Crippen LogP contribution in [0.15, 0.2) is 28.3 Å². The van der Waals surface area contributed by atoms with Crippen LogP contribution in [0.25, 0.3) is 0 Å². The summed E-state index contributed by atoms with van der Waals surface area (Å²) in [5.41, 5.74) is 0.526. The molecule has 1 N–H and O–H groups in total. The number of benzene rings is 1. The quantitative estimate of drug-likeness (QED) is 0.900. The predicted molar refractivity (Wildman–Crippen MR) is 60.0 cm³/mol. The third kappa shape index (κ3) is 2.62. The Morgan fingerprint density at radius 1 is 1.47 bits per heavy atom. The van der Waals surface area contributed by atoms with Crippen LogP contribution in [-0.4, -0.2) is 25.3 Å². The van der Waals surface area contributed by atoms with E-state index in [9.17, 15) is 9.50 Å². The Morgan fingerprint density at radius 3 is 2.82 bits per heavy atom. The first kappa shape index (κ1) is 12.0. The Bertz CT molecular complexity index is 529. The number of aliphatic hydroxyl groups excluding tert-OH is 1. The summed E-state index contributed by atoms with van der Waals surface area (Å²) < 4.78 is 14.6. The minimum absolute atomic E-state index is 0.374. The molecule has 0 saturated heterocycles. The van der Waals surface area contributed by atoms with Gasteiger partial charge in [0.05, 0.1) is 6.10 Å². The van der Waals surface area contributed by atoms with Crippen molar-refractivity contribution in [1.29, 1.82) is 0 Å². The van der Waals surface area contributed by atoms with Crippen LogP contribution >= 0.6 is 11.8 Å². The van der Waals surface area contributed by atoms with Gasteiger partial charge in [0.25, 0.3) is 0 Å². The molecule has 0 aliphatic rings. The van der Waals surface area contributed by atoms with Crippen LogP contribution in [0.5, 0.6) is 0 Å². The van der Waals surface area contributed by atoms with E-state index in [1.807, 2.05) is 0 Å².